The van der Waals surface area contributed by atoms with Gasteiger partial charge in [-0.25, -0.2) is 9.78 Å². The fourth-order valence-corrected chi connectivity index (χ4v) is 3.74. The second-order valence-electron chi connectivity index (χ2n) is 7.27. The normalized spacial score (nSPS) is 21.4. The van der Waals surface area contributed by atoms with E-state index in [2.05, 4.69) is 21.0 Å². The number of hydrogen-bond acceptors (Lipinski definition) is 5. The first kappa shape index (κ1) is 18.2. The van der Waals surface area contributed by atoms with Gasteiger partial charge in [-0.15, -0.1) is 11.3 Å². The molecule has 130 valence electrons. The average Bonchev–Trinajstić information content (AvgIpc) is 3.04. The summed E-state index contributed by atoms with van der Waals surface area (Å²) in [5.41, 5.74) is 0.661. The van der Waals surface area contributed by atoms with Crippen molar-refractivity contribution in [2.45, 2.75) is 65.0 Å². The van der Waals surface area contributed by atoms with E-state index in [1.807, 2.05) is 27.7 Å². The van der Waals surface area contributed by atoms with Crippen LogP contribution < -0.4 is 10.6 Å². The Morgan fingerprint density at radius 2 is 2.22 bits per heavy atom. The zero-order chi connectivity index (χ0) is 16.9. The number of carbonyl (C=O) groups excluding carboxylic acids is 1. The minimum atomic E-state index is -0.441. The lowest BCUT2D eigenvalue weighted by Crippen LogP contribution is -2.41. The maximum absolute atomic E-state index is 11.8. The molecule has 5 nitrogen and oxygen atoms in total. The Bertz CT molecular complexity index is 510. The molecule has 6 heteroatoms. The van der Waals surface area contributed by atoms with Gasteiger partial charge in [-0.1, -0.05) is 6.42 Å². The van der Waals surface area contributed by atoms with Crippen LogP contribution in [0.4, 0.5) is 4.79 Å². The number of nitrogens with zero attached hydrogens (tertiary/aromatic N) is 1. The number of carbonyl (C=O) groups is 1. The highest BCUT2D eigenvalue weighted by Crippen LogP contribution is 2.25. The first-order chi connectivity index (χ1) is 10.8. The van der Waals surface area contributed by atoms with Crippen LogP contribution in [-0.4, -0.2) is 35.8 Å². The van der Waals surface area contributed by atoms with Crippen LogP contribution in [0.5, 0.6) is 0 Å². The van der Waals surface area contributed by atoms with Crippen LogP contribution in [0.1, 0.15) is 50.7 Å². The van der Waals surface area contributed by atoms with Crippen molar-refractivity contribution >= 4 is 17.4 Å². The van der Waals surface area contributed by atoms with Gasteiger partial charge in [0.2, 0.25) is 0 Å². The van der Waals surface area contributed by atoms with E-state index in [1.165, 1.54) is 17.8 Å². The lowest BCUT2D eigenvalue weighted by atomic mass is 10.0. The molecule has 1 aromatic heterocycles. The summed E-state index contributed by atoms with van der Waals surface area (Å²) < 4.78 is 5.30. The summed E-state index contributed by atoms with van der Waals surface area (Å²) in [4.78, 5) is 16.3. The van der Waals surface area contributed by atoms with Crippen molar-refractivity contribution < 1.29 is 9.53 Å². The van der Waals surface area contributed by atoms with Gasteiger partial charge in [0.25, 0.3) is 0 Å². The molecular weight excluding hydrogens is 310 g/mol. The minimum absolute atomic E-state index is 0.318. The van der Waals surface area contributed by atoms with Gasteiger partial charge in [0.1, 0.15) is 5.60 Å². The Morgan fingerprint density at radius 1 is 1.43 bits per heavy atom. The predicted octanol–water partition coefficient (Wildman–Crippen LogP) is 3.28. The molecule has 23 heavy (non-hydrogen) atoms. The molecule has 1 aliphatic carbocycles. The molecule has 0 bridgehead atoms. The quantitative estimate of drug-likeness (QED) is 0.835. The smallest absolute Gasteiger partial charge is 0.407 e. The van der Waals surface area contributed by atoms with Crippen LogP contribution in [0.3, 0.4) is 0 Å². The van der Waals surface area contributed by atoms with Crippen LogP contribution >= 0.6 is 11.3 Å². The second-order valence-corrected chi connectivity index (χ2v) is 8.21. The Balaban J connectivity index is 1.69. The Labute approximate surface area is 143 Å². The number of alkyl carbamates (subject to hydrolysis) is 1. The molecule has 2 atom stereocenters. The van der Waals surface area contributed by atoms with Crippen molar-refractivity contribution in [1.82, 2.24) is 15.6 Å². The maximum Gasteiger partial charge on any atom is 0.407 e. The number of nitrogens with one attached hydrogen (secondary N) is 2. The highest BCUT2D eigenvalue weighted by molar-refractivity contribution is 7.09. The summed E-state index contributed by atoms with van der Waals surface area (Å²) in [5.74, 6) is 0.487. The van der Waals surface area contributed by atoms with Crippen LogP contribution in [0, 0.1) is 12.8 Å². The number of amides is 1. The molecule has 0 spiro atoms. The Kier molecular flexibility index (Phi) is 6.41. The molecule has 0 aliphatic heterocycles. The zero-order valence-electron chi connectivity index (χ0n) is 14.6. The van der Waals surface area contributed by atoms with E-state index in [0.717, 1.165) is 25.1 Å². The molecule has 1 aliphatic rings. The van der Waals surface area contributed by atoms with Gasteiger partial charge in [0.15, 0.2) is 0 Å². The third-order valence-corrected chi connectivity index (χ3v) is 5.00. The van der Waals surface area contributed by atoms with Gasteiger partial charge in [0, 0.05) is 36.6 Å². The Morgan fingerprint density at radius 3 is 2.87 bits per heavy atom. The molecule has 1 fully saturated rings. The number of rotatable bonds is 6. The molecule has 0 radical (unpaired) electrons. The first-order valence-electron chi connectivity index (χ1n) is 8.45. The first-order valence-corrected chi connectivity index (χ1v) is 9.33. The lowest BCUT2D eigenvalue weighted by Gasteiger charge is -2.23. The van der Waals surface area contributed by atoms with Crippen molar-refractivity contribution in [3.05, 3.63) is 16.1 Å². The number of aromatic nitrogens is 1. The van der Waals surface area contributed by atoms with Crippen molar-refractivity contribution in [3.63, 3.8) is 0 Å². The fourth-order valence-electron chi connectivity index (χ4n) is 2.96. The summed E-state index contributed by atoms with van der Waals surface area (Å²) in [7, 11) is 0. The van der Waals surface area contributed by atoms with Crippen molar-refractivity contribution in [3.8, 4) is 0 Å². The molecular formula is C17H29N3O2S. The minimum Gasteiger partial charge on any atom is -0.444 e. The largest absolute Gasteiger partial charge is 0.444 e. The topological polar surface area (TPSA) is 63.2 Å². The summed E-state index contributed by atoms with van der Waals surface area (Å²) in [6.45, 7) is 9.30. The van der Waals surface area contributed by atoms with Crippen molar-refractivity contribution in [1.29, 1.82) is 0 Å². The van der Waals surface area contributed by atoms with E-state index in [9.17, 15) is 4.79 Å². The van der Waals surface area contributed by atoms with E-state index in [0.29, 0.717) is 18.5 Å². The predicted molar refractivity (Wildman–Crippen MR) is 93.9 cm³/mol. The van der Waals surface area contributed by atoms with E-state index in [-0.39, 0.29) is 6.09 Å². The lowest BCUT2D eigenvalue weighted by molar-refractivity contribution is 0.0517. The fraction of sp³-hybridized carbons (Fsp3) is 0.765. The number of thiazole rings is 1. The monoisotopic (exact) mass is 339 g/mol. The maximum atomic E-state index is 11.8. The van der Waals surface area contributed by atoms with Crippen LogP contribution in [0.2, 0.25) is 0 Å². The molecule has 2 N–H and O–H groups in total. The summed E-state index contributed by atoms with van der Waals surface area (Å²) in [6, 6.07) is 0.478. The third-order valence-electron chi connectivity index (χ3n) is 3.98. The molecule has 0 saturated heterocycles. The van der Waals surface area contributed by atoms with E-state index >= 15 is 0 Å². The van der Waals surface area contributed by atoms with Gasteiger partial charge in [-0.05, 0) is 46.5 Å². The van der Waals surface area contributed by atoms with Crippen LogP contribution in [0.15, 0.2) is 5.38 Å². The van der Waals surface area contributed by atoms with Crippen LogP contribution in [-0.2, 0) is 11.2 Å². The van der Waals surface area contributed by atoms with Gasteiger partial charge in [0.05, 0.1) is 5.01 Å². The number of ether oxygens (including phenoxy) is 1. The summed E-state index contributed by atoms with van der Waals surface area (Å²) in [5, 5.41) is 9.83. The van der Waals surface area contributed by atoms with Gasteiger partial charge >= 0.3 is 6.09 Å². The molecule has 1 amide bonds. The summed E-state index contributed by atoms with van der Waals surface area (Å²) in [6.07, 6.45) is 4.21. The SMILES string of the molecule is Cc1csc(CCNC2CCCC2CNC(=O)OC(C)(C)C)n1. The molecule has 1 saturated carbocycles. The average molecular weight is 340 g/mol. The van der Waals surface area contributed by atoms with Crippen molar-refractivity contribution in [2.24, 2.45) is 5.92 Å². The third kappa shape index (κ3) is 6.47. The Hall–Kier alpha value is -1.14. The van der Waals surface area contributed by atoms with Gasteiger partial charge in [-0.3, -0.25) is 0 Å². The molecule has 1 heterocycles. The van der Waals surface area contributed by atoms with E-state index in [4.69, 9.17) is 4.74 Å². The second kappa shape index (κ2) is 8.11. The highest BCUT2D eigenvalue weighted by atomic mass is 32.1. The molecule has 0 aromatic carbocycles. The molecule has 2 rings (SSSR count). The summed E-state index contributed by atoms with van der Waals surface area (Å²) >= 11 is 1.73. The highest BCUT2D eigenvalue weighted by Gasteiger charge is 2.27. The van der Waals surface area contributed by atoms with Crippen molar-refractivity contribution in [2.75, 3.05) is 13.1 Å². The number of hydrogen-bond donors (Lipinski definition) is 2. The van der Waals surface area contributed by atoms with Gasteiger partial charge in [-0.2, -0.15) is 0 Å². The molecule has 1 aromatic rings. The zero-order valence-corrected chi connectivity index (χ0v) is 15.5. The standard InChI is InChI=1S/C17H29N3O2S/c1-12-11-23-15(20-12)8-9-18-14-7-5-6-13(14)10-19-16(21)22-17(2,3)4/h11,13-14,18H,5-10H2,1-4H3,(H,19,21). The number of aryl methyl sites for hydroxylation is 1. The van der Waals surface area contributed by atoms with E-state index < -0.39 is 5.60 Å². The van der Waals surface area contributed by atoms with E-state index in [1.54, 1.807) is 11.3 Å². The van der Waals surface area contributed by atoms with Gasteiger partial charge < -0.3 is 15.4 Å². The molecule has 2 unspecified atom stereocenters. The van der Waals surface area contributed by atoms with Crippen LogP contribution in [0.25, 0.3) is 0 Å².